The van der Waals surface area contributed by atoms with Gasteiger partial charge in [-0.05, 0) is 29.6 Å². The van der Waals surface area contributed by atoms with Crippen LogP contribution in [0.3, 0.4) is 0 Å². The van der Waals surface area contributed by atoms with Gasteiger partial charge in [-0.1, -0.05) is 23.7 Å². The predicted molar refractivity (Wildman–Crippen MR) is 87.7 cm³/mol. The van der Waals surface area contributed by atoms with Crippen LogP contribution in [0.15, 0.2) is 41.8 Å². The normalized spacial score (nSPS) is 9.96. The summed E-state index contributed by atoms with van der Waals surface area (Å²) < 4.78 is 4.78. The van der Waals surface area contributed by atoms with E-state index in [0.717, 1.165) is 0 Å². The van der Waals surface area contributed by atoms with Gasteiger partial charge in [0.15, 0.2) is 6.61 Å². The van der Waals surface area contributed by atoms with E-state index in [1.807, 2.05) is 0 Å². The number of carbonyl (C=O) groups excluding carboxylic acids is 3. The number of ether oxygens (including phenoxy) is 1. The second kappa shape index (κ2) is 8.30. The summed E-state index contributed by atoms with van der Waals surface area (Å²) in [5.41, 5.74) is 0.504. The van der Waals surface area contributed by atoms with Crippen LogP contribution in [0.2, 0.25) is 5.02 Å². The standard InChI is InChI=1S/C15H13ClN2O4S/c16-10-3-1-4-11(7-10)18-13(19)9-22-14(20)8-17-15(21)12-5-2-6-23-12/h1-7H,8-9H2,(H,17,21)(H,18,19). The lowest BCUT2D eigenvalue weighted by Crippen LogP contribution is -2.31. The van der Waals surface area contributed by atoms with E-state index in [1.54, 1.807) is 41.8 Å². The number of nitrogens with one attached hydrogen (secondary N) is 2. The van der Waals surface area contributed by atoms with Crippen molar-refractivity contribution >= 4 is 46.4 Å². The van der Waals surface area contributed by atoms with Gasteiger partial charge in [0.05, 0.1) is 4.88 Å². The third-order valence-corrected chi connectivity index (χ3v) is 3.71. The average molecular weight is 353 g/mol. The number of amides is 2. The number of hydrogen-bond acceptors (Lipinski definition) is 5. The van der Waals surface area contributed by atoms with Crippen molar-refractivity contribution in [1.82, 2.24) is 5.32 Å². The third-order valence-electron chi connectivity index (χ3n) is 2.61. The van der Waals surface area contributed by atoms with Crippen molar-refractivity contribution in [1.29, 1.82) is 0 Å². The summed E-state index contributed by atoms with van der Waals surface area (Å²) in [6.07, 6.45) is 0. The van der Waals surface area contributed by atoms with E-state index in [2.05, 4.69) is 10.6 Å². The summed E-state index contributed by atoms with van der Waals surface area (Å²) in [7, 11) is 0. The highest BCUT2D eigenvalue weighted by molar-refractivity contribution is 7.12. The number of thiophene rings is 1. The molecule has 1 aromatic carbocycles. The molecule has 0 aliphatic carbocycles. The van der Waals surface area contributed by atoms with E-state index in [1.165, 1.54) is 11.3 Å². The number of anilines is 1. The van der Waals surface area contributed by atoms with Gasteiger partial charge in [-0.25, -0.2) is 0 Å². The van der Waals surface area contributed by atoms with Crippen LogP contribution in [0.1, 0.15) is 9.67 Å². The average Bonchev–Trinajstić information content (AvgIpc) is 3.05. The topological polar surface area (TPSA) is 84.5 Å². The molecule has 0 radical (unpaired) electrons. The minimum Gasteiger partial charge on any atom is -0.454 e. The summed E-state index contributed by atoms with van der Waals surface area (Å²) in [6.45, 7) is -0.749. The molecule has 0 unspecified atom stereocenters. The number of esters is 1. The Morgan fingerprint density at radius 3 is 2.70 bits per heavy atom. The molecule has 120 valence electrons. The summed E-state index contributed by atoms with van der Waals surface area (Å²) in [5.74, 6) is -1.55. The molecular formula is C15H13ClN2O4S. The second-order valence-electron chi connectivity index (χ2n) is 4.38. The molecule has 0 saturated carbocycles. The largest absolute Gasteiger partial charge is 0.454 e. The fraction of sp³-hybridized carbons (Fsp3) is 0.133. The minimum absolute atomic E-state index is 0.304. The van der Waals surface area contributed by atoms with Gasteiger partial charge in [0.2, 0.25) is 0 Å². The predicted octanol–water partition coefficient (Wildman–Crippen LogP) is 2.31. The summed E-state index contributed by atoms with van der Waals surface area (Å²) >= 11 is 7.06. The summed E-state index contributed by atoms with van der Waals surface area (Å²) in [6, 6.07) is 9.97. The first-order valence-electron chi connectivity index (χ1n) is 6.57. The second-order valence-corrected chi connectivity index (χ2v) is 5.76. The molecule has 6 nitrogen and oxygen atoms in total. The highest BCUT2D eigenvalue weighted by atomic mass is 35.5. The van der Waals surface area contributed by atoms with Gasteiger partial charge >= 0.3 is 5.97 Å². The molecule has 23 heavy (non-hydrogen) atoms. The van der Waals surface area contributed by atoms with Crippen molar-refractivity contribution in [3.8, 4) is 0 Å². The first-order chi connectivity index (χ1) is 11.0. The minimum atomic E-state index is -0.698. The van der Waals surface area contributed by atoms with Gasteiger partial charge in [0.25, 0.3) is 11.8 Å². The van der Waals surface area contributed by atoms with E-state index in [9.17, 15) is 14.4 Å². The maximum atomic E-state index is 11.6. The van der Waals surface area contributed by atoms with Crippen LogP contribution < -0.4 is 10.6 Å². The number of benzene rings is 1. The van der Waals surface area contributed by atoms with Gasteiger partial charge < -0.3 is 15.4 Å². The molecule has 0 aliphatic rings. The number of carbonyl (C=O) groups is 3. The Morgan fingerprint density at radius 2 is 2.00 bits per heavy atom. The van der Waals surface area contributed by atoms with Crippen molar-refractivity contribution in [2.45, 2.75) is 0 Å². The first-order valence-corrected chi connectivity index (χ1v) is 7.83. The van der Waals surface area contributed by atoms with Crippen LogP contribution in [-0.4, -0.2) is 30.9 Å². The molecule has 2 amide bonds. The SMILES string of the molecule is O=C(COC(=O)CNC(=O)c1cccs1)Nc1cccc(Cl)c1. The molecule has 0 atom stereocenters. The third kappa shape index (κ3) is 5.72. The molecular weight excluding hydrogens is 340 g/mol. The molecule has 8 heteroatoms. The quantitative estimate of drug-likeness (QED) is 0.781. The Morgan fingerprint density at radius 1 is 1.17 bits per heavy atom. The maximum Gasteiger partial charge on any atom is 0.325 e. The monoisotopic (exact) mass is 352 g/mol. The fourth-order valence-corrected chi connectivity index (χ4v) is 2.44. The van der Waals surface area contributed by atoms with Crippen molar-refractivity contribution < 1.29 is 19.1 Å². The van der Waals surface area contributed by atoms with Crippen molar-refractivity contribution in [2.75, 3.05) is 18.5 Å². The number of rotatable bonds is 6. The molecule has 2 N–H and O–H groups in total. The van der Waals surface area contributed by atoms with Crippen LogP contribution in [-0.2, 0) is 14.3 Å². The molecule has 0 aliphatic heterocycles. The van der Waals surface area contributed by atoms with Gasteiger partial charge in [-0.15, -0.1) is 11.3 Å². The lowest BCUT2D eigenvalue weighted by atomic mass is 10.3. The molecule has 0 spiro atoms. The Kier molecular flexibility index (Phi) is 6.13. The molecule has 1 aromatic heterocycles. The molecule has 2 rings (SSSR count). The Hall–Kier alpha value is -2.38. The lowest BCUT2D eigenvalue weighted by molar-refractivity contribution is -0.146. The molecule has 0 saturated heterocycles. The molecule has 0 bridgehead atoms. The zero-order valence-electron chi connectivity index (χ0n) is 11.9. The molecule has 2 aromatic rings. The lowest BCUT2D eigenvalue weighted by Gasteiger charge is -2.07. The van der Waals surface area contributed by atoms with Gasteiger partial charge in [0.1, 0.15) is 6.54 Å². The van der Waals surface area contributed by atoms with E-state index in [4.69, 9.17) is 16.3 Å². The van der Waals surface area contributed by atoms with Crippen LogP contribution in [0.5, 0.6) is 0 Å². The van der Waals surface area contributed by atoms with Gasteiger partial charge in [-0.2, -0.15) is 0 Å². The van der Waals surface area contributed by atoms with Crippen LogP contribution in [0, 0.1) is 0 Å². The van der Waals surface area contributed by atoms with Crippen molar-refractivity contribution in [3.05, 3.63) is 51.7 Å². The highest BCUT2D eigenvalue weighted by Gasteiger charge is 2.11. The smallest absolute Gasteiger partial charge is 0.325 e. The summed E-state index contributed by atoms with van der Waals surface area (Å²) in [5, 5.41) is 7.19. The Labute approximate surface area is 141 Å². The van der Waals surface area contributed by atoms with E-state index < -0.39 is 18.5 Å². The Balaban J connectivity index is 1.69. The Bertz CT molecular complexity index is 703. The van der Waals surface area contributed by atoms with Crippen LogP contribution in [0.25, 0.3) is 0 Å². The molecule has 0 fully saturated rings. The van der Waals surface area contributed by atoms with Gasteiger partial charge in [0, 0.05) is 10.7 Å². The van der Waals surface area contributed by atoms with Crippen LogP contribution >= 0.6 is 22.9 Å². The number of halogens is 1. The van der Waals surface area contributed by atoms with Crippen molar-refractivity contribution in [2.24, 2.45) is 0 Å². The first kappa shape index (κ1) is 17.0. The van der Waals surface area contributed by atoms with Crippen LogP contribution in [0.4, 0.5) is 5.69 Å². The summed E-state index contributed by atoms with van der Waals surface area (Å²) in [4.78, 5) is 35.2. The van der Waals surface area contributed by atoms with Gasteiger partial charge in [-0.3, -0.25) is 14.4 Å². The zero-order valence-corrected chi connectivity index (χ0v) is 13.4. The van der Waals surface area contributed by atoms with E-state index in [0.29, 0.717) is 15.6 Å². The van der Waals surface area contributed by atoms with E-state index in [-0.39, 0.29) is 12.5 Å². The number of hydrogen-bond donors (Lipinski definition) is 2. The zero-order chi connectivity index (χ0) is 16.7. The van der Waals surface area contributed by atoms with Crippen molar-refractivity contribution in [3.63, 3.8) is 0 Å². The highest BCUT2D eigenvalue weighted by Crippen LogP contribution is 2.14. The molecule has 1 heterocycles. The van der Waals surface area contributed by atoms with E-state index >= 15 is 0 Å². The maximum absolute atomic E-state index is 11.6. The fourth-order valence-electron chi connectivity index (χ4n) is 1.61.